The molecule has 6 nitrogen and oxygen atoms in total. The van der Waals surface area contributed by atoms with E-state index < -0.39 is 11.9 Å². The van der Waals surface area contributed by atoms with Crippen molar-refractivity contribution in [1.82, 2.24) is 0 Å². The van der Waals surface area contributed by atoms with E-state index in [9.17, 15) is 14.4 Å². The lowest BCUT2D eigenvalue weighted by molar-refractivity contribution is -0.142. The molecule has 0 unspecified atom stereocenters. The minimum atomic E-state index is -0.642. The maximum atomic E-state index is 13.1. The Morgan fingerprint density at radius 1 is 1.15 bits per heavy atom. The summed E-state index contributed by atoms with van der Waals surface area (Å²) in [7, 11) is 1.52. The van der Waals surface area contributed by atoms with Crippen molar-refractivity contribution in [2.75, 3.05) is 7.11 Å². The number of benzene rings is 1. The Kier molecular flexibility index (Phi) is 3.94. The number of allylic oxidation sites excluding steroid dienone is 2. The van der Waals surface area contributed by atoms with Crippen LogP contribution in [0, 0.1) is 5.41 Å². The van der Waals surface area contributed by atoms with Gasteiger partial charge >= 0.3 is 5.97 Å². The Morgan fingerprint density at radius 2 is 1.93 bits per heavy atom. The lowest BCUT2D eigenvalue weighted by Crippen LogP contribution is -2.35. The summed E-state index contributed by atoms with van der Waals surface area (Å²) < 4.78 is 16.2. The molecule has 2 aromatic rings. The van der Waals surface area contributed by atoms with Crippen LogP contribution in [0.25, 0.3) is 11.0 Å². The number of rotatable bonds is 2. The molecule has 1 aromatic carbocycles. The molecular weight excluding hydrogens is 348 g/mol. The van der Waals surface area contributed by atoms with E-state index in [4.69, 9.17) is 13.9 Å². The van der Waals surface area contributed by atoms with Gasteiger partial charge in [0.15, 0.2) is 11.2 Å². The van der Waals surface area contributed by atoms with Crippen LogP contribution in [-0.2, 0) is 14.3 Å². The minimum Gasteiger partial charge on any atom is -0.497 e. The highest BCUT2D eigenvalue weighted by Crippen LogP contribution is 2.45. The minimum absolute atomic E-state index is 0.0504. The van der Waals surface area contributed by atoms with E-state index >= 15 is 0 Å². The molecule has 1 aliphatic heterocycles. The molecule has 2 heterocycles. The van der Waals surface area contributed by atoms with E-state index in [2.05, 4.69) is 0 Å². The molecule has 0 bridgehead atoms. The summed E-state index contributed by atoms with van der Waals surface area (Å²) in [5, 5.41) is 0.358. The number of carbonyl (C=O) groups excluding carboxylic acids is 2. The third-order valence-corrected chi connectivity index (χ3v) is 5.22. The smallest absolute Gasteiger partial charge is 0.311 e. The van der Waals surface area contributed by atoms with Crippen LogP contribution in [-0.4, -0.2) is 18.9 Å². The monoisotopic (exact) mass is 368 g/mol. The summed E-state index contributed by atoms with van der Waals surface area (Å²) in [5.41, 5.74) is 0.614. The molecule has 0 fully saturated rings. The second-order valence-electron chi connectivity index (χ2n) is 7.89. The molecule has 1 aliphatic carbocycles. The predicted molar refractivity (Wildman–Crippen MR) is 97.5 cm³/mol. The highest BCUT2D eigenvalue weighted by molar-refractivity contribution is 6.00. The van der Waals surface area contributed by atoms with Crippen molar-refractivity contribution in [2.45, 2.75) is 39.0 Å². The molecule has 0 spiro atoms. The van der Waals surface area contributed by atoms with Crippen LogP contribution in [0.3, 0.4) is 0 Å². The van der Waals surface area contributed by atoms with Crippen LogP contribution in [0.15, 0.2) is 45.0 Å². The number of ketones is 1. The fourth-order valence-corrected chi connectivity index (χ4v) is 3.96. The van der Waals surface area contributed by atoms with Crippen LogP contribution < -0.4 is 10.2 Å². The largest absolute Gasteiger partial charge is 0.497 e. The standard InChI is InChI=1S/C21H20O6/c1-21(2)8-15(22)19-12(7-18(23)27-17(19)9-21)14-10-26-16-5-4-11(25-3)6-13(16)20(14)24/h4-6,10,12H,7-9H2,1-3H3/t12-/m1/s1. The van der Waals surface area contributed by atoms with Gasteiger partial charge in [0.25, 0.3) is 0 Å². The number of methoxy groups -OCH3 is 1. The zero-order valence-corrected chi connectivity index (χ0v) is 15.5. The van der Waals surface area contributed by atoms with E-state index in [0.717, 1.165) is 0 Å². The Morgan fingerprint density at radius 3 is 2.67 bits per heavy atom. The number of hydrogen-bond donors (Lipinski definition) is 0. The van der Waals surface area contributed by atoms with Gasteiger partial charge in [-0.3, -0.25) is 14.4 Å². The Balaban J connectivity index is 1.89. The Hall–Kier alpha value is -2.89. The molecule has 0 saturated heterocycles. The van der Waals surface area contributed by atoms with Gasteiger partial charge in [-0.15, -0.1) is 0 Å². The first kappa shape index (κ1) is 17.5. The fraction of sp³-hybridized carbons (Fsp3) is 0.381. The zero-order chi connectivity index (χ0) is 19.3. The molecule has 1 atom stereocenters. The molecule has 2 aliphatic rings. The second-order valence-corrected chi connectivity index (χ2v) is 7.89. The van der Waals surface area contributed by atoms with Crippen molar-refractivity contribution in [3.63, 3.8) is 0 Å². The van der Waals surface area contributed by atoms with Gasteiger partial charge in [0.05, 0.1) is 25.2 Å². The topological polar surface area (TPSA) is 82.8 Å². The number of hydrogen-bond acceptors (Lipinski definition) is 6. The van der Waals surface area contributed by atoms with Crippen molar-refractivity contribution >= 4 is 22.7 Å². The molecule has 0 N–H and O–H groups in total. The summed E-state index contributed by atoms with van der Waals surface area (Å²) in [6.45, 7) is 3.92. The lowest BCUT2D eigenvalue weighted by atomic mass is 9.71. The second kappa shape index (κ2) is 6.08. The summed E-state index contributed by atoms with van der Waals surface area (Å²) in [6, 6.07) is 4.97. The van der Waals surface area contributed by atoms with E-state index in [1.54, 1.807) is 18.2 Å². The average Bonchev–Trinajstić information content (AvgIpc) is 2.59. The van der Waals surface area contributed by atoms with Gasteiger partial charge in [-0.05, 0) is 23.6 Å². The summed E-state index contributed by atoms with van der Waals surface area (Å²) >= 11 is 0. The van der Waals surface area contributed by atoms with Gasteiger partial charge in [-0.25, -0.2) is 0 Å². The van der Waals surface area contributed by atoms with E-state index in [-0.39, 0.29) is 23.0 Å². The lowest BCUT2D eigenvalue weighted by Gasteiger charge is -2.36. The van der Waals surface area contributed by atoms with Crippen molar-refractivity contribution in [1.29, 1.82) is 0 Å². The van der Waals surface area contributed by atoms with Gasteiger partial charge in [-0.1, -0.05) is 13.8 Å². The van der Waals surface area contributed by atoms with Crippen molar-refractivity contribution in [2.24, 2.45) is 5.41 Å². The van der Waals surface area contributed by atoms with Crippen molar-refractivity contribution in [3.8, 4) is 5.75 Å². The molecular formula is C21H20O6. The number of esters is 1. The van der Waals surface area contributed by atoms with Gasteiger partial charge in [0.2, 0.25) is 0 Å². The van der Waals surface area contributed by atoms with E-state index in [1.165, 1.54) is 13.4 Å². The third kappa shape index (κ3) is 2.95. The molecule has 6 heteroatoms. The van der Waals surface area contributed by atoms with Gasteiger partial charge < -0.3 is 13.9 Å². The summed E-state index contributed by atoms with van der Waals surface area (Å²) in [6.07, 6.45) is 2.15. The molecule has 4 rings (SSSR count). The Bertz CT molecular complexity index is 1060. The maximum Gasteiger partial charge on any atom is 0.311 e. The maximum absolute atomic E-state index is 13.1. The number of Topliss-reactive ketones (excluding diaryl/α,β-unsaturated/α-hetero) is 1. The molecule has 0 amide bonds. The number of ether oxygens (including phenoxy) is 2. The highest BCUT2D eigenvalue weighted by Gasteiger charge is 2.43. The molecule has 1 aromatic heterocycles. The quantitative estimate of drug-likeness (QED) is 0.755. The number of fused-ring (bicyclic) bond motifs is 1. The zero-order valence-electron chi connectivity index (χ0n) is 15.5. The average molecular weight is 368 g/mol. The highest BCUT2D eigenvalue weighted by atomic mass is 16.5. The summed E-state index contributed by atoms with van der Waals surface area (Å²) in [4.78, 5) is 38.1. The van der Waals surface area contributed by atoms with Crippen LogP contribution in [0.4, 0.5) is 0 Å². The SMILES string of the molecule is COc1ccc2occ([C@H]3CC(=O)OC4=C3C(=O)CC(C)(C)C4)c(=O)c2c1. The molecule has 140 valence electrons. The predicted octanol–water partition coefficient (Wildman–Crippen LogP) is 3.48. The van der Waals surface area contributed by atoms with Crippen LogP contribution in [0.1, 0.15) is 44.6 Å². The van der Waals surface area contributed by atoms with E-state index in [1.807, 2.05) is 13.8 Å². The normalized spacial score (nSPS) is 21.8. The fourth-order valence-electron chi connectivity index (χ4n) is 3.96. The van der Waals surface area contributed by atoms with Crippen LogP contribution >= 0.6 is 0 Å². The van der Waals surface area contributed by atoms with Gasteiger partial charge in [0, 0.05) is 29.9 Å². The molecule has 0 radical (unpaired) electrons. The first-order chi connectivity index (χ1) is 12.8. The summed E-state index contributed by atoms with van der Waals surface area (Å²) in [5.74, 6) is -0.233. The third-order valence-electron chi connectivity index (χ3n) is 5.22. The number of carbonyl (C=O) groups is 2. The van der Waals surface area contributed by atoms with Crippen LogP contribution in [0.2, 0.25) is 0 Å². The van der Waals surface area contributed by atoms with Crippen molar-refractivity contribution < 1.29 is 23.5 Å². The molecule has 0 saturated carbocycles. The van der Waals surface area contributed by atoms with Gasteiger partial charge in [0.1, 0.15) is 17.1 Å². The van der Waals surface area contributed by atoms with Crippen LogP contribution in [0.5, 0.6) is 5.75 Å². The van der Waals surface area contributed by atoms with E-state index in [0.29, 0.717) is 46.5 Å². The van der Waals surface area contributed by atoms with Crippen molar-refractivity contribution in [3.05, 3.63) is 51.6 Å². The molecule has 27 heavy (non-hydrogen) atoms. The Labute approximate surface area is 155 Å². The first-order valence-electron chi connectivity index (χ1n) is 8.85. The van der Waals surface area contributed by atoms with Gasteiger partial charge in [-0.2, -0.15) is 0 Å². The first-order valence-corrected chi connectivity index (χ1v) is 8.85.